The van der Waals surface area contributed by atoms with E-state index >= 15 is 0 Å². The quantitative estimate of drug-likeness (QED) is 0.188. The lowest BCUT2D eigenvalue weighted by molar-refractivity contribution is -0.113. The topological polar surface area (TPSA) is 73.2 Å². The number of nitrogens with zero attached hydrogens (tertiary/aromatic N) is 2. The summed E-state index contributed by atoms with van der Waals surface area (Å²) in [5, 5.41) is 2.23. The minimum atomic E-state index is -2.32. The van der Waals surface area contributed by atoms with E-state index in [4.69, 9.17) is 4.74 Å². The fourth-order valence-corrected chi connectivity index (χ4v) is 4.24. The van der Waals surface area contributed by atoms with E-state index in [9.17, 15) is 31.5 Å². The van der Waals surface area contributed by atoms with E-state index in [1.807, 2.05) is 0 Å². The van der Waals surface area contributed by atoms with Gasteiger partial charge in [-0.15, -0.1) is 0 Å². The molecule has 2 heterocycles. The molecule has 0 bridgehead atoms. The fourth-order valence-electron chi connectivity index (χ4n) is 3.43. The predicted molar refractivity (Wildman–Crippen MR) is 111 cm³/mol. The standard InChI is InChI=1S/C21H16F5N3O3S/c22-14-15(23)17(25)19(18(26)16(14)24)28-13(30)9-33-21-27-12-6-2-1-5-11(12)20(31)29(21)8-10-4-3-7-32-10/h1-2,5-6,10H,3-4,7-9H2,(H,28,30). The minimum Gasteiger partial charge on any atom is -0.376 e. The average Bonchev–Trinajstić information content (AvgIpc) is 3.33. The van der Waals surface area contributed by atoms with Gasteiger partial charge in [0, 0.05) is 6.61 Å². The molecule has 1 aromatic heterocycles. The first-order valence-electron chi connectivity index (χ1n) is 9.83. The molecule has 0 saturated carbocycles. The van der Waals surface area contributed by atoms with E-state index in [0.717, 1.165) is 24.6 Å². The number of ether oxygens (including phenoxy) is 1. The molecule has 1 atom stereocenters. The van der Waals surface area contributed by atoms with Crippen molar-refractivity contribution in [3.8, 4) is 0 Å². The zero-order valence-electron chi connectivity index (χ0n) is 16.8. The highest BCUT2D eigenvalue weighted by Crippen LogP contribution is 2.28. The molecule has 4 rings (SSSR count). The average molecular weight is 485 g/mol. The molecule has 1 amide bonds. The van der Waals surface area contributed by atoms with Crippen LogP contribution < -0.4 is 10.9 Å². The van der Waals surface area contributed by atoms with Crippen LogP contribution in [0.1, 0.15) is 12.8 Å². The molecule has 1 aliphatic rings. The van der Waals surface area contributed by atoms with Crippen molar-refractivity contribution in [1.29, 1.82) is 0 Å². The van der Waals surface area contributed by atoms with E-state index in [2.05, 4.69) is 4.98 Å². The van der Waals surface area contributed by atoms with Crippen molar-refractivity contribution in [2.24, 2.45) is 0 Å². The molecular weight excluding hydrogens is 469 g/mol. The molecule has 0 spiro atoms. The second-order valence-corrected chi connectivity index (χ2v) is 8.19. The highest BCUT2D eigenvalue weighted by Gasteiger charge is 2.27. The van der Waals surface area contributed by atoms with Gasteiger partial charge in [0.25, 0.3) is 5.56 Å². The third-order valence-electron chi connectivity index (χ3n) is 5.04. The van der Waals surface area contributed by atoms with Crippen molar-refractivity contribution in [1.82, 2.24) is 9.55 Å². The molecule has 0 radical (unpaired) electrons. The second kappa shape index (κ2) is 9.48. The largest absolute Gasteiger partial charge is 0.376 e. The molecule has 1 saturated heterocycles. The van der Waals surface area contributed by atoms with E-state index in [0.29, 0.717) is 17.5 Å². The van der Waals surface area contributed by atoms with Gasteiger partial charge >= 0.3 is 0 Å². The third kappa shape index (κ3) is 4.58. The maximum atomic E-state index is 13.8. The zero-order valence-corrected chi connectivity index (χ0v) is 17.7. The monoisotopic (exact) mass is 485 g/mol. The number of para-hydroxylation sites is 1. The SMILES string of the molecule is O=C(CSc1nc2ccccc2c(=O)n1CC1CCCO1)Nc1c(F)c(F)c(F)c(F)c1F. The Balaban J connectivity index is 1.59. The van der Waals surface area contributed by atoms with Gasteiger partial charge in [-0.05, 0) is 25.0 Å². The first kappa shape index (κ1) is 23.2. The summed E-state index contributed by atoms with van der Waals surface area (Å²) in [6.45, 7) is 0.755. The molecule has 3 aromatic rings. The Morgan fingerprint density at radius 2 is 1.76 bits per heavy atom. The molecule has 2 aromatic carbocycles. The molecule has 33 heavy (non-hydrogen) atoms. The molecule has 1 fully saturated rings. The molecule has 1 N–H and O–H groups in total. The summed E-state index contributed by atoms with van der Waals surface area (Å²) in [5.41, 5.74) is -1.41. The molecule has 1 aliphatic heterocycles. The summed E-state index contributed by atoms with van der Waals surface area (Å²) in [7, 11) is 0. The Bertz CT molecular complexity index is 1270. The number of rotatable bonds is 6. The number of thioether (sulfide) groups is 1. The lowest BCUT2D eigenvalue weighted by Gasteiger charge is -2.16. The number of hydrogen-bond donors (Lipinski definition) is 1. The normalized spacial score (nSPS) is 15.8. The van der Waals surface area contributed by atoms with Crippen LogP contribution in [0.15, 0.2) is 34.2 Å². The van der Waals surface area contributed by atoms with Crippen LogP contribution in [-0.4, -0.2) is 33.9 Å². The van der Waals surface area contributed by atoms with Gasteiger partial charge in [0.05, 0.1) is 29.3 Å². The van der Waals surface area contributed by atoms with E-state index < -0.39 is 46.4 Å². The molecule has 0 aliphatic carbocycles. The van der Waals surface area contributed by atoms with Gasteiger partial charge in [0.1, 0.15) is 5.69 Å². The predicted octanol–water partition coefficient (Wildman–Crippen LogP) is 4.00. The molecule has 174 valence electrons. The number of halogens is 5. The number of hydrogen-bond acceptors (Lipinski definition) is 5. The highest BCUT2D eigenvalue weighted by molar-refractivity contribution is 7.99. The number of fused-ring (bicyclic) bond motifs is 1. The summed E-state index contributed by atoms with van der Waals surface area (Å²) in [5.74, 6) is -12.5. The Morgan fingerprint density at radius 3 is 2.42 bits per heavy atom. The number of amides is 1. The summed E-state index contributed by atoms with van der Waals surface area (Å²) < 4.78 is 74.5. The summed E-state index contributed by atoms with van der Waals surface area (Å²) in [4.78, 5) is 29.7. The first-order chi connectivity index (χ1) is 15.8. The van der Waals surface area contributed by atoms with Gasteiger partial charge in [0.15, 0.2) is 28.4 Å². The Morgan fingerprint density at radius 1 is 1.09 bits per heavy atom. The third-order valence-corrected chi connectivity index (χ3v) is 6.02. The van der Waals surface area contributed by atoms with Crippen molar-refractivity contribution in [3.05, 3.63) is 63.7 Å². The Hall–Kier alpha value is -2.99. The lowest BCUT2D eigenvalue weighted by atomic mass is 10.2. The van der Waals surface area contributed by atoms with Gasteiger partial charge in [-0.1, -0.05) is 23.9 Å². The van der Waals surface area contributed by atoms with Crippen LogP contribution in [0.4, 0.5) is 27.6 Å². The van der Waals surface area contributed by atoms with Crippen molar-refractivity contribution < 1.29 is 31.5 Å². The first-order valence-corrected chi connectivity index (χ1v) is 10.8. The summed E-state index contributed by atoms with van der Waals surface area (Å²) >= 11 is 0.788. The van der Waals surface area contributed by atoms with Crippen molar-refractivity contribution in [2.75, 3.05) is 17.7 Å². The Labute approximate surface area is 187 Å². The number of nitrogens with one attached hydrogen (secondary N) is 1. The van der Waals surface area contributed by atoms with Crippen LogP contribution in [0.2, 0.25) is 0 Å². The van der Waals surface area contributed by atoms with Crippen LogP contribution in [0.25, 0.3) is 10.9 Å². The van der Waals surface area contributed by atoms with Crippen molar-refractivity contribution >= 4 is 34.3 Å². The highest BCUT2D eigenvalue weighted by atomic mass is 32.2. The molecule has 12 heteroatoms. The number of benzene rings is 2. The van der Waals surface area contributed by atoms with Crippen LogP contribution in [0, 0.1) is 29.1 Å². The van der Waals surface area contributed by atoms with Crippen LogP contribution in [0.5, 0.6) is 0 Å². The van der Waals surface area contributed by atoms with Gasteiger partial charge in [-0.3, -0.25) is 14.2 Å². The number of aromatic nitrogens is 2. The molecule has 1 unspecified atom stereocenters. The van der Waals surface area contributed by atoms with Gasteiger partial charge in [0.2, 0.25) is 11.7 Å². The second-order valence-electron chi connectivity index (χ2n) is 7.24. The lowest BCUT2D eigenvalue weighted by Crippen LogP contribution is -2.29. The molecule has 6 nitrogen and oxygen atoms in total. The van der Waals surface area contributed by atoms with Gasteiger partial charge in [-0.2, -0.15) is 0 Å². The van der Waals surface area contributed by atoms with Crippen molar-refractivity contribution in [3.63, 3.8) is 0 Å². The smallest absolute Gasteiger partial charge is 0.262 e. The fraction of sp³-hybridized carbons (Fsp3) is 0.286. The van der Waals surface area contributed by atoms with Crippen LogP contribution in [0.3, 0.4) is 0 Å². The van der Waals surface area contributed by atoms with E-state index in [1.54, 1.807) is 29.6 Å². The maximum absolute atomic E-state index is 13.8. The minimum absolute atomic E-state index is 0.154. The van der Waals surface area contributed by atoms with Gasteiger partial charge < -0.3 is 10.1 Å². The van der Waals surface area contributed by atoms with E-state index in [-0.39, 0.29) is 23.4 Å². The van der Waals surface area contributed by atoms with E-state index in [1.165, 1.54) is 4.57 Å². The van der Waals surface area contributed by atoms with Crippen LogP contribution >= 0.6 is 11.8 Å². The van der Waals surface area contributed by atoms with Crippen LogP contribution in [-0.2, 0) is 16.1 Å². The Kier molecular flexibility index (Phi) is 6.66. The molecular formula is C21H16F5N3O3S. The zero-order chi connectivity index (χ0) is 23.7. The number of carbonyl (C=O) groups excluding carboxylic acids is 1. The number of anilines is 1. The maximum Gasteiger partial charge on any atom is 0.262 e. The van der Waals surface area contributed by atoms with Crippen molar-refractivity contribution in [2.45, 2.75) is 30.6 Å². The summed E-state index contributed by atoms with van der Waals surface area (Å²) in [6.07, 6.45) is 1.37. The summed E-state index contributed by atoms with van der Waals surface area (Å²) in [6, 6.07) is 6.60. The van der Waals surface area contributed by atoms with Gasteiger partial charge in [-0.25, -0.2) is 26.9 Å². The number of carbonyl (C=O) groups is 1.